The molecule has 154 valence electrons. The van der Waals surface area contributed by atoms with Crippen LogP contribution in [0, 0.1) is 5.82 Å². The lowest BCUT2D eigenvalue weighted by Gasteiger charge is -2.18. The molecule has 2 aromatic carbocycles. The van der Waals surface area contributed by atoms with Gasteiger partial charge in [0.1, 0.15) is 12.4 Å². The maximum Gasteiger partial charge on any atom is 0.165 e. The molecule has 0 spiro atoms. The van der Waals surface area contributed by atoms with E-state index in [1.807, 2.05) is 37.3 Å². The molecule has 0 aliphatic rings. The lowest BCUT2D eigenvalue weighted by Crippen LogP contribution is -2.16. The van der Waals surface area contributed by atoms with Gasteiger partial charge < -0.3 is 20.1 Å². The number of hydrogen-bond acceptors (Lipinski definition) is 4. The highest BCUT2D eigenvalue weighted by Crippen LogP contribution is 2.22. The van der Waals surface area contributed by atoms with Crippen LogP contribution >= 0.6 is 0 Å². The van der Waals surface area contributed by atoms with Crippen molar-refractivity contribution in [2.75, 3.05) is 13.2 Å². The third kappa shape index (κ3) is 7.22. The Hall–Kier alpha value is -2.89. The molecule has 5 heteroatoms. The number of phenols is 1. The molecule has 0 aliphatic carbocycles. The zero-order chi connectivity index (χ0) is 21.2. The van der Waals surface area contributed by atoms with Crippen molar-refractivity contribution in [3.63, 3.8) is 0 Å². The first-order chi connectivity index (χ1) is 13.9. The molecule has 0 radical (unpaired) electrons. The highest BCUT2D eigenvalue weighted by Gasteiger charge is 2.15. The first kappa shape index (κ1) is 22.4. The Morgan fingerprint density at radius 1 is 1.21 bits per heavy atom. The Labute approximate surface area is 170 Å². The number of benzene rings is 2. The highest BCUT2D eigenvalue weighted by molar-refractivity contribution is 5.53. The Kier molecular flexibility index (Phi) is 8.65. The van der Waals surface area contributed by atoms with Crippen LogP contribution in [0.4, 0.5) is 4.39 Å². The van der Waals surface area contributed by atoms with E-state index in [-0.39, 0.29) is 19.0 Å². The van der Waals surface area contributed by atoms with Crippen LogP contribution in [-0.4, -0.2) is 34.6 Å². The van der Waals surface area contributed by atoms with Crippen molar-refractivity contribution in [1.82, 2.24) is 0 Å². The molecule has 0 heterocycles. The first-order valence-corrected chi connectivity index (χ1v) is 9.41. The summed E-state index contributed by atoms with van der Waals surface area (Å²) in [7, 11) is 0. The van der Waals surface area contributed by atoms with Crippen molar-refractivity contribution in [3.8, 4) is 11.5 Å². The molecule has 0 saturated carbocycles. The van der Waals surface area contributed by atoms with Crippen LogP contribution < -0.4 is 4.74 Å². The van der Waals surface area contributed by atoms with Crippen LogP contribution in [0.1, 0.15) is 25.3 Å². The molecular weight excluding hydrogens is 371 g/mol. The van der Waals surface area contributed by atoms with Crippen molar-refractivity contribution in [2.24, 2.45) is 0 Å². The number of aliphatic hydroxyl groups excluding tert-OH is 2. The number of rotatable bonds is 10. The number of aliphatic hydroxyl groups is 2. The van der Waals surface area contributed by atoms with Crippen LogP contribution in [0.15, 0.2) is 77.9 Å². The van der Waals surface area contributed by atoms with E-state index in [1.165, 1.54) is 18.2 Å². The average Bonchev–Trinajstić information content (AvgIpc) is 2.72. The second-order valence-electron chi connectivity index (χ2n) is 6.80. The molecule has 2 aromatic rings. The molecule has 29 heavy (non-hydrogen) atoms. The predicted molar refractivity (Wildman–Crippen MR) is 113 cm³/mol. The largest absolute Gasteiger partial charge is 0.505 e. The van der Waals surface area contributed by atoms with Gasteiger partial charge in [0.2, 0.25) is 0 Å². The summed E-state index contributed by atoms with van der Waals surface area (Å²) < 4.78 is 19.1. The normalized spacial score (nSPS) is 13.2. The van der Waals surface area contributed by atoms with Gasteiger partial charge in [0.15, 0.2) is 11.6 Å². The van der Waals surface area contributed by atoms with Gasteiger partial charge in [-0.05, 0) is 60.7 Å². The van der Waals surface area contributed by atoms with Crippen LogP contribution in [0.2, 0.25) is 0 Å². The summed E-state index contributed by atoms with van der Waals surface area (Å²) in [5, 5.41) is 29.2. The highest BCUT2D eigenvalue weighted by atomic mass is 19.1. The molecule has 0 aliphatic heterocycles. The second kappa shape index (κ2) is 11.2. The van der Waals surface area contributed by atoms with E-state index in [2.05, 4.69) is 6.58 Å². The first-order valence-electron chi connectivity index (χ1n) is 9.41. The minimum Gasteiger partial charge on any atom is -0.505 e. The monoisotopic (exact) mass is 398 g/mol. The van der Waals surface area contributed by atoms with Crippen LogP contribution in [0.25, 0.3) is 6.08 Å². The molecular formula is C24H27FO4. The van der Waals surface area contributed by atoms with Gasteiger partial charge in [-0.15, -0.1) is 0 Å². The molecule has 1 atom stereocenters. The van der Waals surface area contributed by atoms with Crippen LogP contribution in [0.3, 0.4) is 0 Å². The van der Waals surface area contributed by atoms with Crippen molar-refractivity contribution in [3.05, 3.63) is 89.3 Å². The maximum absolute atomic E-state index is 13.4. The topological polar surface area (TPSA) is 69.9 Å². The number of ether oxygens (including phenoxy) is 1. The minimum absolute atomic E-state index is 0.203. The fourth-order valence-electron chi connectivity index (χ4n) is 2.87. The zero-order valence-corrected chi connectivity index (χ0v) is 16.5. The number of aromatic hydroxyl groups is 1. The van der Waals surface area contributed by atoms with Gasteiger partial charge in [0, 0.05) is 0 Å². The van der Waals surface area contributed by atoms with Gasteiger partial charge in [0.25, 0.3) is 0 Å². The average molecular weight is 398 g/mol. The summed E-state index contributed by atoms with van der Waals surface area (Å²) in [4.78, 5) is 0. The smallest absolute Gasteiger partial charge is 0.165 e. The summed E-state index contributed by atoms with van der Waals surface area (Å²) in [6, 6.07) is 13.5. The molecule has 2 rings (SSSR count). The van der Waals surface area contributed by atoms with Gasteiger partial charge in [-0.3, -0.25) is 0 Å². The van der Waals surface area contributed by atoms with Crippen molar-refractivity contribution in [2.45, 2.75) is 25.9 Å². The number of hydrogen-bond donors (Lipinski definition) is 3. The van der Waals surface area contributed by atoms with Gasteiger partial charge in [0.05, 0.1) is 12.7 Å². The van der Waals surface area contributed by atoms with E-state index in [9.17, 15) is 19.7 Å². The summed E-state index contributed by atoms with van der Waals surface area (Å²) >= 11 is 0. The van der Waals surface area contributed by atoms with E-state index >= 15 is 0 Å². The zero-order valence-electron chi connectivity index (χ0n) is 16.5. The Balaban J connectivity index is 1.95. The van der Waals surface area contributed by atoms with Crippen molar-refractivity contribution in [1.29, 1.82) is 0 Å². The third-order valence-corrected chi connectivity index (χ3v) is 4.43. The van der Waals surface area contributed by atoms with E-state index in [0.29, 0.717) is 35.3 Å². The summed E-state index contributed by atoms with van der Waals surface area (Å²) in [6.45, 7) is 5.86. The fourth-order valence-corrected chi connectivity index (χ4v) is 2.87. The van der Waals surface area contributed by atoms with Gasteiger partial charge in [-0.1, -0.05) is 48.6 Å². The lowest BCUT2D eigenvalue weighted by atomic mass is 9.96. The standard InChI is InChI=1S/C24H27FO4/c1-17(14-19-9-11-24(28)22(25)15-19)8-10-23(27)21(12-13-26)18(2)16-29-20-6-4-3-5-7-20/h3-7,9,11-12,14-15,23,26-28H,2,8,10,13,16H2,1H3/b17-14+,21-12-. The summed E-state index contributed by atoms with van der Waals surface area (Å²) in [6.07, 6.45) is 3.51. The van der Waals surface area contributed by atoms with Gasteiger partial charge in [-0.2, -0.15) is 0 Å². The lowest BCUT2D eigenvalue weighted by molar-refractivity contribution is 0.198. The molecule has 4 nitrogen and oxygen atoms in total. The fraction of sp³-hybridized carbons (Fsp3) is 0.250. The second-order valence-corrected chi connectivity index (χ2v) is 6.80. The van der Waals surface area contributed by atoms with Crippen molar-refractivity contribution < 1.29 is 24.4 Å². The Morgan fingerprint density at radius 3 is 2.59 bits per heavy atom. The van der Waals surface area contributed by atoms with Gasteiger partial charge >= 0.3 is 0 Å². The molecule has 0 amide bonds. The molecule has 1 unspecified atom stereocenters. The SMILES string of the molecule is C=C(COc1ccccc1)/C(=C/CO)C(O)CC/C(C)=C/c1ccc(O)c(F)c1. The molecule has 3 N–H and O–H groups in total. The van der Waals surface area contributed by atoms with E-state index in [0.717, 1.165) is 5.57 Å². The van der Waals surface area contributed by atoms with Crippen LogP contribution in [-0.2, 0) is 0 Å². The van der Waals surface area contributed by atoms with E-state index in [1.54, 1.807) is 12.1 Å². The maximum atomic E-state index is 13.4. The minimum atomic E-state index is -0.811. The number of phenolic OH excluding ortho intramolecular Hbond substituents is 1. The summed E-state index contributed by atoms with van der Waals surface area (Å²) in [5.41, 5.74) is 2.73. The number of halogens is 1. The Bertz CT molecular complexity index is 872. The van der Waals surface area contributed by atoms with E-state index < -0.39 is 11.9 Å². The summed E-state index contributed by atoms with van der Waals surface area (Å²) in [5.74, 6) is -0.355. The van der Waals surface area contributed by atoms with Crippen molar-refractivity contribution >= 4 is 6.08 Å². The Morgan fingerprint density at radius 2 is 1.93 bits per heavy atom. The number of allylic oxidation sites excluding steroid dienone is 1. The molecule has 0 bridgehead atoms. The molecule has 0 aromatic heterocycles. The van der Waals surface area contributed by atoms with Crippen LogP contribution in [0.5, 0.6) is 11.5 Å². The quantitative estimate of drug-likeness (QED) is 0.511. The predicted octanol–water partition coefficient (Wildman–Crippen LogP) is 4.63. The molecule has 0 saturated heterocycles. The third-order valence-electron chi connectivity index (χ3n) is 4.43. The van der Waals surface area contributed by atoms with Gasteiger partial charge in [-0.25, -0.2) is 4.39 Å². The molecule has 0 fully saturated rings. The van der Waals surface area contributed by atoms with E-state index in [4.69, 9.17) is 4.74 Å². The number of para-hydroxylation sites is 1.